The number of hydrogen-bond acceptors (Lipinski definition) is 4. The number of H-pyrrole nitrogens is 1. The summed E-state index contributed by atoms with van der Waals surface area (Å²) >= 11 is 0. The quantitative estimate of drug-likeness (QED) is 0.479. The van der Waals surface area contributed by atoms with Crippen LogP contribution in [0.25, 0.3) is 6.08 Å². The Morgan fingerprint density at radius 3 is 3.00 bits per heavy atom. The molecule has 7 heteroatoms. The Kier molecular flexibility index (Phi) is 4.89. The van der Waals surface area contributed by atoms with Crippen molar-refractivity contribution in [1.82, 2.24) is 20.4 Å². The van der Waals surface area contributed by atoms with E-state index in [-0.39, 0.29) is 0 Å². The highest BCUT2D eigenvalue weighted by atomic mass is 15.2. The first-order valence-corrected chi connectivity index (χ1v) is 6.73. The second kappa shape index (κ2) is 6.85. The average molecular weight is 275 g/mol. The fraction of sp³-hybridized carbons (Fsp3) is 0.462. The smallest absolute Gasteiger partial charge is 0.175 e. The maximum atomic E-state index is 8.05. The summed E-state index contributed by atoms with van der Waals surface area (Å²) in [6.07, 6.45) is 4.18. The van der Waals surface area contributed by atoms with Gasteiger partial charge in [-0.3, -0.25) is 10.5 Å². The molecular formula is C13H21N7. The van der Waals surface area contributed by atoms with Crippen LogP contribution < -0.4 is 11.1 Å². The van der Waals surface area contributed by atoms with E-state index in [0.29, 0.717) is 23.9 Å². The van der Waals surface area contributed by atoms with E-state index in [1.807, 2.05) is 30.0 Å². The minimum absolute atomic E-state index is 0.353. The number of nitrogens with one attached hydrogen (secondary N) is 3. The van der Waals surface area contributed by atoms with E-state index in [0.717, 1.165) is 31.9 Å². The summed E-state index contributed by atoms with van der Waals surface area (Å²) < 4.78 is 0. The molecule has 20 heavy (non-hydrogen) atoms. The van der Waals surface area contributed by atoms with Gasteiger partial charge >= 0.3 is 0 Å². The minimum Gasteiger partial charge on any atom is -0.387 e. The molecule has 0 radical (unpaired) electrons. The lowest BCUT2D eigenvalue weighted by atomic mass is 10.3. The molecule has 5 N–H and O–H groups in total. The summed E-state index contributed by atoms with van der Waals surface area (Å²) in [7, 11) is 0. The maximum absolute atomic E-state index is 8.05. The Balaban J connectivity index is 1.93. The zero-order chi connectivity index (χ0) is 14.4. The number of rotatable bonds is 4. The van der Waals surface area contributed by atoms with E-state index in [9.17, 15) is 0 Å². The number of piperazine rings is 1. The van der Waals surface area contributed by atoms with E-state index in [4.69, 9.17) is 11.1 Å². The van der Waals surface area contributed by atoms with Crippen LogP contribution in [-0.4, -0.2) is 52.9 Å². The van der Waals surface area contributed by atoms with Crippen molar-refractivity contribution < 1.29 is 0 Å². The van der Waals surface area contributed by atoms with E-state index in [1.165, 1.54) is 0 Å². The summed E-state index contributed by atoms with van der Waals surface area (Å²) in [5.74, 6) is 1.47. The van der Waals surface area contributed by atoms with E-state index < -0.39 is 0 Å². The number of allylic oxidation sites excluding steroid dienone is 1. The number of nitrogens with zero attached hydrogens (tertiary/aromatic N) is 3. The van der Waals surface area contributed by atoms with Crippen molar-refractivity contribution in [2.45, 2.75) is 13.3 Å². The van der Waals surface area contributed by atoms with Crippen molar-refractivity contribution in [3.05, 3.63) is 17.8 Å². The van der Waals surface area contributed by atoms with Gasteiger partial charge < -0.3 is 16.0 Å². The van der Waals surface area contributed by atoms with Crippen molar-refractivity contribution in [1.29, 1.82) is 5.41 Å². The molecule has 0 amide bonds. The lowest BCUT2D eigenvalue weighted by Gasteiger charge is -2.29. The summed E-state index contributed by atoms with van der Waals surface area (Å²) in [4.78, 5) is 6.25. The average Bonchev–Trinajstić information content (AvgIpc) is 2.87. The molecule has 0 aliphatic carbocycles. The zero-order valence-corrected chi connectivity index (χ0v) is 11.7. The highest BCUT2D eigenvalue weighted by molar-refractivity contribution is 6.01. The molecule has 1 aromatic heterocycles. The van der Waals surface area contributed by atoms with Crippen LogP contribution in [0.3, 0.4) is 0 Å². The summed E-state index contributed by atoms with van der Waals surface area (Å²) in [5.41, 5.74) is 6.78. The molecule has 0 bridgehead atoms. The number of nitrogens with two attached hydrogens (primary N) is 1. The Morgan fingerprint density at radius 1 is 1.55 bits per heavy atom. The van der Waals surface area contributed by atoms with Crippen LogP contribution in [0.4, 0.5) is 5.82 Å². The van der Waals surface area contributed by atoms with Crippen molar-refractivity contribution in [2.24, 2.45) is 10.7 Å². The predicted octanol–water partition coefficient (Wildman–Crippen LogP) is 0.704. The molecule has 108 valence electrons. The van der Waals surface area contributed by atoms with Crippen molar-refractivity contribution in [3.63, 3.8) is 0 Å². The number of aromatic nitrogens is 2. The Hall–Kier alpha value is -2.15. The molecule has 1 saturated heterocycles. The third kappa shape index (κ3) is 3.92. The molecule has 1 aromatic rings. The highest BCUT2D eigenvalue weighted by Crippen LogP contribution is 2.11. The van der Waals surface area contributed by atoms with Crippen LogP contribution >= 0.6 is 0 Å². The third-order valence-electron chi connectivity index (χ3n) is 3.04. The lowest BCUT2D eigenvalue weighted by molar-refractivity contribution is 0.352. The molecule has 0 aromatic carbocycles. The van der Waals surface area contributed by atoms with Crippen LogP contribution in [0.5, 0.6) is 0 Å². The molecule has 2 heterocycles. The minimum atomic E-state index is 0.353. The standard InChI is InChI=1S/C13H21N7/c1-2-3-10-8-13(19-18-10)17-11(14)9-12(15)20-6-4-16-5-7-20/h2-3,8,15-16H,4-7,9H2,1H3,(H3,14,17,18,19)/b3-2-,15-12?. The first-order valence-electron chi connectivity index (χ1n) is 6.73. The van der Waals surface area contributed by atoms with E-state index in [1.54, 1.807) is 0 Å². The monoisotopic (exact) mass is 275 g/mol. The van der Waals surface area contributed by atoms with Gasteiger partial charge in [0, 0.05) is 32.2 Å². The van der Waals surface area contributed by atoms with Crippen LogP contribution in [0, 0.1) is 5.41 Å². The van der Waals surface area contributed by atoms with E-state index >= 15 is 0 Å². The summed E-state index contributed by atoms with van der Waals surface area (Å²) in [5, 5.41) is 18.2. The van der Waals surface area contributed by atoms with Gasteiger partial charge in [-0.05, 0) is 13.0 Å². The largest absolute Gasteiger partial charge is 0.387 e. The van der Waals surface area contributed by atoms with Crippen LogP contribution in [0.2, 0.25) is 0 Å². The van der Waals surface area contributed by atoms with Gasteiger partial charge in [-0.15, -0.1) is 0 Å². The molecule has 1 aliphatic heterocycles. The fourth-order valence-corrected chi connectivity index (χ4v) is 2.05. The van der Waals surface area contributed by atoms with Crippen molar-refractivity contribution in [2.75, 3.05) is 26.2 Å². The van der Waals surface area contributed by atoms with Gasteiger partial charge in [0.05, 0.1) is 12.1 Å². The fourth-order valence-electron chi connectivity index (χ4n) is 2.05. The van der Waals surface area contributed by atoms with Crippen LogP contribution in [0.1, 0.15) is 19.0 Å². The van der Waals surface area contributed by atoms with Gasteiger partial charge in [-0.25, -0.2) is 4.99 Å². The number of amidine groups is 2. The Bertz CT molecular complexity index is 509. The molecule has 1 fully saturated rings. The van der Waals surface area contributed by atoms with Gasteiger partial charge in [0.1, 0.15) is 11.7 Å². The molecule has 0 spiro atoms. The van der Waals surface area contributed by atoms with E-state index in [2.05, 4.69) is 20.5 Å². The SMILES string of the molecule is C/C=C\c1cc(N=C(N)CC(=N)N2CCNCC2)n[nH]1. The first-order chi connectivity index (χ1) is 9.69. The molecular weight excluding hydrogens is 254 g/mol. The highest BCUT2D eigenvalue weighted by Gasteiger charge is 2.14. The molecule has 0 saturated carbocycles. The molecule has 1 aliphatic rings. The van der Waals surface area contributed by atoms with Crippen LogP contribution in [0.15, 0.2) is 17.1 Å². The molecule has 0 atom stereocenters. The molecule has 0 unspecified atom stereocenters. The summed E-state index contributed by atoms with van der Waals surface area (Å²) in [6, 6.07) is 1.82. The number of aliphatic imine (C=N–C) groups is 1. The predicted molar refractivity (Wildman–Crippen MR) is 81.4 cm³/mol. The third-order valence-corrected chi connectivity index (χ3v) is 3.04. The van der Waals surface area contributed by atoms with Gasteiger partial charge in [-0.2, -0.15) is 5.10 Å². The van der Waals surface area contributed by atoms with Gasteiger partial charge in [0.25, 0.3) is 0 Å². The Morgan fingerprint density at radius 2 is 2.30 bits per heavy atom. The normalized spacial score (nSPS) is 16.9. The van der Waals surface area contributed by atoms with Gasteiger partial charge in [0.15, 0.2) is 5.82 Å². The van der Waals surface area contributed by atoms with Crippen molar-refractivity contribution in [3.8, 4) is 0 Å². The summed E-state index contributed by atoms with van der Waals surface area (Å²) in [6.45, 7) is 5.45. The Labute approximate surface area is 118 Å². The lowest BCUT2D eigenvalue weighted by Crippen LogP contribution is -2.47. The molecule has 2 rings (SSSR count). The van der Waals surface area contributed by atoms with Crippen molar-refractivity contribution >= 4 is 23.6 Å². The second-order valence-corrected chi connectivity index (χ2v) is 4.65. The van der Waals surface area contributed by atoms with Gasteiger partial charge in [-0.1, -0.05) is 6.08 Å². The maximum Gasteiger partial charge on any atom is 0.175 e. The first kappa shape index (κ1) is 14.3. The number of aromatic amines is 1. The zero-order valence-electron chi connectivity index (χ0n) is 11.7. The topological polar surface area (TPSA) is 106 Å². The van der Waals surface area contributed by atoms with Crippen LogP contribution in [-0.2, 0) is 0 Å². The van der Waals surface area contributed by atoms with Gasteiger partial charge in [0.2, 0.25) is 0 Å². The molecule has 7 nitrogen and oxygen atoms in total. The number of hydrogen-bond donors (Lipinski definition) is 4. The second-order valence-electron chi connectivity index (χ2n) is 4.65.